The van der Waals surface area contributed by atoms with Crippen LogP contribution in [0.3, 0.4) is 0 Å². The predicted octanol–water partition coefficient (Wildman–Crippen LogP) is 5.43. The van der Waals surface area contributed by atoms with Crippen LogP contribution in [0.5, 0.6) is 5.75 Å². The molecule has 1 amide bonds. The standard InChI is InChI=1S/C31H25ClF4N2O6/c1-2-24(38-11-10-18-8-9-19(32)12-20(18)31(38)42)30(41)37-23(14-26(40)43-15-17-6-4-3-5-7-17)25(39)16-44-29-27(35)21(33)13-22(34)28(29)36/h3-13,23-24H,2,14-16H2,1H3,(H,37,41). The van der Waals surface area contributed by atoms with Crippen LogP contribution >= 0.6 is 11.6 Å². The molecule has 0 fully saturated rings. The van der Waals surface area contributed by atoms with E-state index < -0.39 is 77.3 Å². The number of amides is 1. The maximum atomic E-state index is 14.1. The Bertz CT molecular complexity index is 1740. The second-order valence-electron chi connectivity index (χ2n) is 9.65. The van der Waals surface area contributed by atoms with Crippen molar-refractivity contribution >= 4 is 40.0 Å². The van der Waals surface area contributed by atoms with Crippen molar-refractivity contribution in [2.75, 3.05) is 6.61 Å². The Kier molecular flexibility index (Phi) is 10.4. The molecule has 0 saturated heterocycles. The molecule has 0 aliphatic heterocycles. The van der Waals surface area contributed by atoms with Crippen LogP contribution in [-0.4, -0.2) is 34.9 Å². The van der Waals surface area contributed by atoms with Crippen molar-refractivity contribution in [3.63, 3.8) is 0 Å². The molecule has 1 N–H and O–H groups in total. The average molecular weight is 633 g/mol. The molecule has 2 unspecified atom stereocenters. The highest BCUT2D eigenvalue weighted by Crippen LogP contribution is 2.26. The van der Waals surface area contributed by atoms with Gasteiger partial charge in [-0.25, -0.2) is 8.78 Å². The van der Waals surface area contributed by atoms with E-state index in [1.54, 1.807) is 55.5 Å². The molecule has 3 aromatic carbocycles. The summed E-state index contributed by atoms with van der Waals surface area (Å²) in [6.45, 7) is 0.270. The van der Waals surface area contributed by atoms with Crippen LogP contribution in [0.2, 0.25) is 5.02 Å². The maximum absolute atomic E-state index is 14.1. The molecule has 1 heterocycles. The van der Waals surface area contributed by atoms with E-state index in [2.05, 4.69) is 5.32 Å². The fourth-order valence-corrected chi connectivity index (χ4v) is 4.55. The normalized spacial score (nSPS) is 12.4. The minimum atomic E-state index is -1.87. The Morgan fingerprint density at radius 3 is 2.30 bits per heavy atom. The molecule has 0 bridgehead atoms. The molecule has 0 spiro atoms. The monoisotopic (exact) mass is 632 g/mol. The topological polar surface area (TPSA) is 104 Å². The number of ketones is 1. The van der Waals surface area contributed by atoms with Crippen LogP contribution < -0.4 is 15.6 Å². The first-order chi connectivity index (χ1) is 21.0. The van der Waals surface area contributed by atoms with Gasteiger partial charge in [-0.15, -0.1) is 0 Å². The van der Waals surface area contributed by atoms with Crippen LogP contribution in [0.4, 0.5) is 17.6 Å². The number of nitrogens with zero attached hydrogens (tertiary/aromatic N) is 1. The van der Waals surface area contributed by atoms with Crippen LogP contribution in [0.1, 0.15) is 31.4 Å². The van der Waals surface area contributed by atoms with Gasteiger partial charge in [0.05, 0.1) is 6.42 Å². The molecule has 8 nitrogen and oxygen atoms in total. The van der Waals surface area contributed by atoms with Gasteiger partial charge in [-0.1, -0.05) is 54.9 Å². The summed E-state index contributed by atoms with van der Waals surface area (Å²) in [7, 11) is 0. The molecule has 44 heavy (non-hydrogen) atoms. The zero-order valence-electron chi connectivity index (χ0n) is 23.1. The molecule has 0 aliphatic carbocycles. The van der Waals surface area contributed by atoms with E-state index in [-0.39, 0.29) is 24.5 Å². The Labute approximate surface area is 253 Å². The van der Waals surface area contributed by atoms with Crippen molar-refractivity contribution in [2.24, 2.45) is 0 Å². The van der Waals surface area contributed by atoms with Crippen molar-refractivity contribution in [3.05, 3.63) is 111 Å². The van der Waals surface area contributed by atoms with Gasteiger partial charge in [0.1, 0.15) is 25.3 Å². The Morgan fingerprint density at radius 1 is 0.955 bits per heavy atom. The van der Waals surface area contributed by atoms with E-state index in [0.29, 0.717) is 16.0 Å². The SMILES string of the molecule is CCC(C(=O)NC(CC(=O)OCc1ccccc1)C(=O)COc1c(F)c(F)cc(F)c1F)n1ccc2ccc(Cl)cc2c1=O. The van der Waals surface area contributed by atoms with Gasteiger partial charge in [0, 0.05) is 22.7 Å². The molecular formula is C31H25ClF4N2O6. The van der Waals surface area contributed by atoms with Crippen LogP contribution in [0.25, 0.3) is 10.8 Å². The fourth-order valence-electron chi connectivity index (χ4n) is 4.38. The zero-order chi connectivity index (χ0) is 32.0. The van der Waals surface area contributed by atoms with Gasteiger partial charge in [-0.2, -0.15) is 8.78 Å². The highest BCUT2D eigenvalue weighted by molar-refractivity contribution is 6.31. The van der Waals surface area contributed by atoms with Crippen molar-refractivity contribution < 1.29 is 41.4 Å². The first-order valence-electron chi connectivity index (χ1n) is 13.3. The van der Waals surface area contributed by atoms with Crippen LogP contribution in [0.15, 0.2) is 71.7 Å². The van der Waals surface area contributed by atoms with Crippen molar-refractivity contribution in [3.8, 4) is 5.75 Å². The number of esters is 1. The van der Waals surface area contributed by atoms with Crippen molar-refractivity contribution in [2.45, 2.75) is 38.5 Å². The number of aromatic nitrogens is 1. The number of ether oxygens (including phenoxy) is 2. The minimum absolute atomic E-state index is 0.0291. The summed E-state index contributed by atoms with van der Waals surface area (Å²) in [6.07, 6.45) is 0.735. The molecule has 230 valence electrons. The number of rotatable bonds is 12. The first kappa shape index (κ1) is 32.2. The molecule has 4 rings (SSSR count). The number of hydrogen-bond donors (Lipinski definition) is 1. The van der Waals surface area contributed by atoms with E-state index in [4.69, 9.17) is 21.1 Å². The lowest BCUT2D eigenvalue weighted by Crippen LogP contribution is -2.48. The summed E-state index contributed by atoms with van der Waals surface area (Å²) in [5, 5.41) is 3.49. The quantitative estimate of drug-likeness (QED) is 0.127. The van der Waals surface area contributed by atoms with Gasteiger partial charge in [-0.05, 0) is 35.6 Å². The number of halogens is 5. The number of carbonyl (C=O) groups is 3. The van der Waals surface area contributed by atoms with Gasteiger partial charge in [0.2, 0.25) is 17.5 Å². The number of hydrogen-bond acceptors (Lipinski definition) is 6. The van der Waals surface area contributed by atoms with E-state index in [0.717, 1.165) is 4.57 Å². The fraction of sp³-hybridized carbons (Fsp3) is 0.226. The molecule has 4 aromatic rings. The summed E-state index contributed by atoms with van der Waals surface area (Å²) in [5.41, 5.74) is 0.0940. The molecule has 2 atom stereocenters. The molecule has 13 heteroatoms. The maximum Gasteiger partial charge on any atom is 0.308 e. The minimum Gasteiger partial charge on any atom is -0.479 e. The average Bonchev–Trinajstić information content (AvgIpc) is 3.00. The van der Waals surface area contributed by atoms with Gasteiger partial charge < -0.3 is 19.4 Å². The number of Topliss-reactive ketones (excluding diaryl/α,β-unsaturated/α-hetero) is 1. The Hall–Kier alpha value is -4.71. The number of pyridine rings is 1. The number of fused-ring (bicyclic) bond motifs is 1. The highest BCUT2D eigenvalue weighted by atomic mass is 35.5. The largest absolute Gasteiger partial charge is 0.479 e. The van der Waals surface area contributed by atoms with Gasteiger partial charge in [0.15, 0.2) is 23.2 Å². The van der Waals surface area contributed by atoms with E-state index in [9.17, 15) is 36.7 Å². The predicted molar refractivity (Wildman–Crippen MR) is 152 cm³/mol. The van der Waals surface area contributed by atoms with Crippen molar-refractivity contribution in [1.82, 2.24) is 9.88 Å². The molecule has 0 saturated carbocycles. The van der Waals surface area contributed by atoms with E-state index >= 15 is 0 Å². The smallest absolute Gasteiger partial charge is 0.308 e. The lowest BCUT2D eigenvalue weighted by molar-refractivity contribution is -0.147. The van der Waals surface area contributed by atoms with E-state index in [1.165, 1.54) is 12.3 Å². The number of nitrogens with one attached hydrogen (secondary N) is 1. The number of carbonyl (C=O) groups excluding carboxylic acids is 3. The molecule has 0 radical (unpaired) electrons. The summed E-state index contributed by atoms with van der Waals surface area (Å²) in [6, 6.07) is 12.0. The lowest BCUT2D eigenvalue weighted by atomic mass is 10.1. The highest BCUT2D eigenvalue weighted by Gasteiger charge is 2.30. The van der Waals surface area contributed by atoms with Crippen LogP contribution in [0, 0.1) is 23.3 Å². The summed E-state index contributed by atoms with van der Waals surface area (Å²) < 4.78 is 66.5. The van der Waals surface area contributed by atoms with E-state index in [1.807, 2.05) is 0 Å². The molecule has 1 aromatic heterocycles. The summed E-state index contributed by atoms with van der Waals surface area (Å²) >= 11 is 6.04. The molecular weight excluding hydrogens is 608 g/mol. The van der Waals surface area contributed by atoms with Gasteiger partial charge in [-0.3, -0.25) is 19.2 Å². The second-order valence-corrected chi connectivity index (χ2v) is 10.1. The second kappa shape index (κ2) is 14.2. The zero-order valence-corrected chi connectivity index (χ0v) is 23.9. The third kappa shape index (κ3) is 7.43. The lowest BCUT2D eigenvalue weighted by Gasteiger charge is -2.23. The summed E-state index contributed by atoms with van der Waals surface area (Å²) in [4.78, 5) is 52.4. The Morgan fingerprint density at radius 2 is 1.64 bits per heavy atom. The van der Waals surface area contributed by atoms with Gasteiger partial charge in [0.25, 0.3) is 5.56 Å². The summed E-state index contributed by atoms with van der Waals surface area (Å²) in [5.74, 6) is -11.6. The Balaban J connectivity index is 1.57. The van der Waals surface area contributed by atoms with Crippen molar-refractivity contribution in [1.29, 1.82) is 0 Å². The third-order valence-corrected chi connectivity index (χ3v) is 6.90. The van der Waals surface area contributed by atoms with Crippen LogP contribution in [-0.2, 0) is 25.7 Å². The van der Waals surface area contributed by atoms with Gasteiger partial charge >= 0.3 is 5.97 Å². The third-order valence-electron chi connectivity index (χ3n) is 6.67. The molecule has 0 aliphatic rings. The first-order valence-corrected chi connectivity index (χ1v) is 13.7. The number of benzene rings is 3.